The van der Waals surface area contributed by atoms with E-state index in [0.717, 1.165) is 0 Å². The minimum absolute atomic E-state index is 0.191. The molecule has 170 valence electrons. The first-order chi connectivity index (χ1) is 14.3. The lowest BCUT2D eigenvalue weighted by Crippen LogP contribution is -2.35. The molecule has 0 saturated heterocycles. The minimum atomic E-state index is -5.21. The molecule has 4 N–H and O–H groups in total. The zero-order valence-electron chi connectivity index (χ0n) is 15.2. The van der Waals surface area contributed by atoms with Gasteiger partial charge in [-0.15, -0.1) is 0 Å². The number of rotatable bonds is 4. The number of alkyl halides is 6. The number of hydrogen-bond acceptors (Lipinski definition) is 6. The second kappa shape index (κ2) is 8.15. The molecule has 1 aromatic heterocycles. The summed E-state index contributed by atoms with van der Waals surface area (Å²) in [7, 11) is -3.64. The summed E-state index contributed by atoms with van der Waals surface area (Å²) in [5, 5.41) is 2.72. The van der Waals surface area contributed by atoms with Gasteiger partial charge in [0.15, 0.2) is 16.6 Å². The number of anilines is 1. The summed E-state index contributed by atoms with van der Waals surface area (Å²) in [6.07, 6.45) is -4.83. The van der Waals surface area contributed by atoms with Crippen molar-refractivity contribution < 1.29 is 30.6 Å². The van der Waals surface area contributed by atoms with Gasteiger partial charge in [-0.2, -0.15) is 31.4 Å². The first-order valence-electron chi connectivity index (χ1n) is 8.29. The Morgan fingerprint density at radius 1 is 1.19 bits per heavy atom. The van der Waals surface area contributed by atoms with Crippen LogP contribution in [0.5, 0.6) is 0 Å². The van der Waals surface area contributed by atoms with Crippen LogP contribution in [0.25, 0.3) is 5.69 Å². The highest BCUT2D eigenvalue weighted by Gasteiger charge is 2.44. The fraction of sp³-hybridized carbons (Fsp3) is 0.333. The van der Waals surface area contributed by atoms with E-state index in [9.17, 15) is 30.6 Å². The van der Waals surface area contributed by atoms with Gasteiger partial charge in [0.05, 0.1) is 15.6 Å². The van der Waals surface area contributed by atoms with Crippen LogP contribution in [0.15, 0.2) is 22.0 Å². The standard InChI is InChI=1S/C15H12Cl2F6N6OS/c1-2-8-25-13(27-26-8)9-11(31(30)15(21,22)23)12(24)29(28-9)10-6(16)3-5(4-7(10)17)14(18,19)20/h3-4,8,26H,2,24H2,1H3,(H,25,27). The van der Waals surface area contributed by atoms with Crippen molar-refractivity contribution in [1.29, 1.82) is 0 Å². The number of benzene rings is 1. The molecule has 1 aliphatic rings. The summed E-state index contributed by atoms with van der Waals surface area (Å²) in [6, 6.07) is 1.04. The maximum Gasteiger partial charge on any atom is 0.476 e. The smallest absolute Gasteiger partial charge is 0.383 e. The van der Waals surface area contributed by atoms with Crippen molar-refractivity contribution in [3.8, 4) is 5.69 Å². The second-order valence-electron chi connectivity index (χ2n) is 6.15. The highest BCUT2D eigenvalue weighted by Crippen LogP contribution is 2.40. The van der Waals surface area contributed by atoms with E-state index in [4.69, 9.17) is 28.9 Å². The van der Waals surface area contributed by atoms with Crippen LogP contribution in [-0.4, -0.2) is 31.5 Å². The van der Waals surface area contributed by atoms with Gasteiger partial charge in [0.1, 0.15) is 28.3 Å². The molecule has 0 saturated carbocycles. The Bertz CT molecular complexity index is 1060. The lowest BCUT2D eigenvalue weighted by atomic mass is 10.2. The molecule has 7 nitrogen and oxygen atoms in total. The van der Waals surface area contributed by atoms with E-state index in [1.807, 2.05) is 0 Å². The molecule has 0 radical (unpaired) electrons. The van der Waals surface area contributed by atoms with Gasteiger partial charge < -0.3 is 11.2 Å². The van der Waals surface area contributed by atoms with Gasteiger partial charge in [-0.3, -0.25) is 0 Å². The van der Waals surface area contributed by atoms with Crippen LogP contribution >= 0.6 is 23.2 Å². The number of hydrazine groups is 1. The Kier molecular flexibility index (Phi) is 6.21. The third-order valence-electron chi connectivity index (χ3n) is 4.08. The van der Waals surface area contributed by atoms with E-state index in [1.54, 1.807) is 6.92 Å². The average Bonchev–Trinajstić information content (AvgIpc) is 3.24. The second-order valence-corrected chi connectivity index (χ2v) is 8.37. The Balaban J connectivity index is 2.26. The number of amidine groups is 1. The first kappa shape index (κ1) is 23.6. The highest BCUT2D eigenvalue weighted by molar-refractivity contribution is 7.86. The molecule has 0 bridgehead atoms. The van der Waals surface area contributed by atoms with Gasteiger partial charge in [-0.05, 0) is 18.6 Å². The van der Waals surface area contributed by atoms with Crippen molar-refractivity contribution in [3.63, 3.8) is 0 Å². The molecule has 1 aliphatic heterocycles. The lowest BCUT2D eigenvalue weighted by molar-refractivity contribution is -0.137. The molecule has 1 aromatic carbocycles. The molecule has 0 amide bonds. The number of nitrogens with two attached hydrogens (primary N) is 1. The van der Waals surface area contributed by atoms with E-state index in [-0.39, 0.29) is 5.84 Å². The van der Waals surface area contributed by atoms with E-state index in [1.165, 1.54) is 0 Å². The summed E-state index contributed by atoms with van der Waals surface area (Å²) in [5.74, 6) is -0.970. The van der Waals surface area contributed by atoms with E-state index < -0.39 is 66.4 Å². The van der Waals surface area contributed by atoms with Gasteiger partial charge in [0.2, 0.25) is 0 Å². The zero-order chi connectivity index (χ0) is 23.3. The number of hydrogen-bond donors (Lipinski definition) is 3. The molecule has 2 atom stereocenters. The number of nitrogens with zero attached hydrogens (tertiary/aromatic N) is 3. The molecule has 2 aromatic rings. The van der Waals surface area contributed by atoms with Crippen molar-refractivity contribution in [1.82, 2.24) is 20.6 Å². The number of halogens is 8. The van der Waals surface area contributed by atoms with E-state index in [2.05, 4.69) is 20.9 Å². The molecule has 16 heteroatoms. The summed E-state index contributed by atoms with van der Waals surface area (Å²) in [6.45, 7) is 1.75. The lowest BCUT2D eigenvalue weighted by Gasteiger charge is -2.13. The van der Waals surface area contributed by atoms with Gasteiger partial charge in [-0.1, -0.05) is 30.1 Å². The summed E-state index contributed by atoms with van der Waals surface area (Å²) in [5.41, 5.74) is 3.66. The van der Waals surface area contributed by atoms with Crippen LogP contribution in [-0.2, 0) is 17.0 Å². The molecule has 2 unspecified atom stereocenters. The molecule has 31 heavy (non-hydrogen) atoms. The van der Waals surface area contributed by atoms with Crippen molar-refractivity contribution in [2.75, 3.05) is 5.73 Å². The third kappa shape index (κ3) is 4.47. The fourth-order valence-corrected chi connectivity index (χ4v) is 4.13. The van der Waals surface area contributed by atoms with Gasteiger partial charge in [0, 0.05) is 0 Å². The molecular weight excluding hydrogens is 497 g/mol. The predicted octanol–water partition coefficient (Wildman–Crippen LogP) is 4.00. The maximum atomic E-state index is 13.2. The average molecular weight is 509 g/mol. The van der Waals surface area contributed by atoms with Crippen molar-refractivity contribution >= 4 is 45.7 Å². The summed E-state index contributed by atoms with van der Waals surface area (Å²) >= 11 is 11.9. The SMILES string of the molecule is CCC1N=C(c2nn(-c3c(Cl)cc(C(F)(F)F)cc3Cl)c(N)c2S(=O)C(F)(F)F)NN1. The quantitative estimate of drug-likeness (QED) is 0.542. The first-order valence-corrected chi connectivity index (χ1v) is 10.2. The Hall–Kier alpha value is -2.03. The number of nitrogen functional groups attached to an aromatic ring is 1. The van der Waals surface area contributed by atoms with Crippen LogP contribution in [0.4, 0.5) is 32.2 Å². The Labute approximate surface area is 183 Å². The monoisotopic (exact) mass is 508 g/mol. The van der Waals surface area contributed by atoms with Crippen LogP contribution in [0.1, 0.15) is 24.6 Å². The maximum absolute atomic E-state index is 13.2. The third-order valence-corrected chi connectivity index (χ3v) is 5.85. The topological polar surface area (TPSA) is 97.3 Å². The van der Waals surface area contributed by atoms with E-state index in [0.29, 0.717) is 23.2 Å². The summed E-state index contributed by atoms with van der Waals surface area (Å²) < 4.78 is 91.4. The fourth-order valence-electron chi connectivity index (χ4n) is 2.66. The molecule has 0 aliphatic carbocycles. The van der Waals surface area contributed by atoms with Crippen LogP contribution < -0.4 is 16.6 Å². The van der Waals surface area contributed by atoms with Gasteiger partial charge in [-0.25, -0.2) is 19.3 Å². The zero-order valence-corrected chi connectivity index (χ0v) is 17.5. The van der Waals surface area contributed by atoms with Crippen molar-refractivity contribution in [2.24, 2.45) is 4.99 Å². The Morgan fingerprint density at radius 3 is 2.23 bits per heavy atom. The number of nitrogens with one attached hydrogen (secondary N) is 2. The number of aromatic nitrogens is 2. The minimum Gasteiger partial charge on any atom is -0.383 e. The largest absolute Gasteiger partial charge is 0.476 e. The molecule has 0 fully saturated rings. The molecule has 2 heterocycles. The molecule has 3 rings (SSSR count). The van der Waals surface area contributed by atoms with Gasteiger partial charge >= 0.3 is 11.7 Å². The van der Waals surface area contributed by atoms with Crippen molar-refractivity contribution in [3.05, 3.63) is 33.4 Å². The van der Waals surface area contributed by atoms with Crippen molar-refractivity contribution in [2.45, 2.75) is 36.1 Å². The Morgan fingerprint density at radius 2 is 1.77 bits per heavy atom. The highest BCUT2D eigenvalue weighted by atomic mass is 35.5. The molecule has 0 spiro atoms. The molecular formula is C15H12Cl2F6N6OS. The van der Waals surface area contributed by atoms with Gasteiger partial charge in [0.25, 0.3) is 0 Å². The number of aliphatic imine (C=N–C) groups is 1. The van der Waals surface area contributed by atoms with E-state index >= 15 is 0 Å². The van der Waals surface area contributed by atoms with Crippen LogP contribution in [0, 0.1) is 0 Å². The van der Waals surface area contributed by atoms with Crippen LogP contribution in [0.2, 0.25) is 10.0 Å². The normalized spacial score (nSPS) is 18.1. The summed E-state index contributed by atoms with van der Waals surface area (Å²) in [4.78, 5) is 3.15. The van der Waals surface area contributed by atoms with Crippen LogP contribution in [0.3, 0.4) is 0 Å². The predicted molar refractivity (Wildman–Crippen MR) is 102 cm³/mol.